The molecule has 21 heavy (non-hydrogen) atoms. The number of hydrogen-bond acceptors (Lipinski definition) is 5. The van der Waals surface area contributed by atoms with E-state index in [-0.39, 0.29) is 11.7 Å². The zero-order chi connectivity index (χ0) is 14.8. The Morgan fingerprint density at radius 3 is 2.90 bits per heavy atom. The fraction of sp³-hybridized carbons (Fsp3) is 0.438. The van der Waals surface area contributed by atoms with Gasteiger partial charge in [-0.05, 0) is 43.5 Å². The first-order valence-corrected chi connectivity index (χ1v) is 7.20. The average molecular weight is 286 g/mol. The minimum Gasteiger partial charge on any atom is -0.496 e. The standard InChI is InChI=1S/C16H18N2O3/c1-10-9-11(7-8-14(10)20-2)15-17-16(21-18-15)12-5-3-4-6-13(12)19/h7-9,12H,3-6H2,1-2H3. The summed E-state index contributed by atoms with van der Waals surface area (Å²) in [6.07, 6.45) is 3.43. The molecule has 1 fully saturated rings. The summed E-state index contributed by atoms with van der Waals surface area (Å²) < 4.78 is 10.6. The van der Waals surface area contributed by atoms with Crippen LogP contribution in [0.15, 0.2) is 22.7 Å². The van der Waals surface area contributed by atoms with E-state index in [4.69, 9.17) is 9.26 Å². The molecule has 0 radical (unpaired) electrons. The molecule has 2 aromatic rings. The number of carbonyl (C=O) groups excluding carboxylic acids is 1. The molecular formula is C16H18N2O3. The molecule has 0 amide bonds. The number of carbonyl (C=O) groups is 1. The van der Waals surface area contributed by atoms with Crippen molar-refractivity contribution >= 4 is 5.78 Å². The number of aromatic nitrogens is 2. The van der Waals surface area contributed by atoms with Gasteiger partial charge in [0.05, 0.1) is 13.0 Å². The molecule has 0 aliphatic heterocycles. The molecule has 1 saturated carbocycles. The Morgan fingerprint density at radius 1 is 1.33 bits per heavy atom. The highest BCUT2D eigenvalue weighted by Gasteiger charge is 2.29. The van der Waals surface area contributed by atoms with Crippen LogP contribution in [-0.4, -0.2) is 23.0 Å². The normalized spacial score (nSPS) is 18.8. The van der Waals surface area contributed by atoms with Gasteiger partial charge in [-0.3, -0.25) is 4.79 Å². The van der Waals surface area contributed by atoms with E-state index >= 15 is 0 Å². The number of Topliss-reactive ketones (excluding diaryl/α,β-unsaturated/α-hetero) is 1. The van der Waals surface area contributed by atoms with Crippen LogP contribution in [0.3, 0.4) is 0 Å². The van der Waals surface area contributed by atoms with Crippen LogP contribution in [0.2, 0.25) is 0 Å². The van der Waals surface area contributed by atoms with Gasteiger partial charge < -0.3 is 9.26 Å². The molecule has 1 unspecified atom stereocenters. The van der Waals surface area contributed by atoms with Crippen molar-refractivity contribution in [1.82, 2.24) is 10.1 Å². The summed E-state index contributed by atoms with van der Waals surface area (Å²) in [5.41, 5.74) is 1.88. The van der Waals surface area contributed by atoms with Gasteiger partial charge in [-0.15, -0.1) is 0 Å². The van der Waals surface area contributed by atoms with Crippen LogP contribution < -0.4 is 4.74 Å². The van der Waals surface area contributed by atoms with Gasteiger partial charge in [0.2, 0.25) is 11.7 Å². The van der Waals surface area contributed by atoms with Gasteiger partial charge in [0.1, 0.15) is 11.5 Å². The van der Waals surface area contributed by atoms with Crippen molar-refractivity contribution in [2.45, 2.75) is 38.5 Å². The molecule has 0 N–H and O–H groups in total. The Bertz CT molecular complexity index is 663. The average Bonchev–Trinajstić information content (AvgIpc) is 2.97. The van der Waals surface area contributed by atoms with Crippen molar-refractivity contribution < 1.29 is 14.1 Å². The smallest absolute Gasteiger partial charge is 0.237 e. The summed E-state index contributed by atoms with van der Waals surface area (Å²) in [6.45, 7) is 1.97. The van der Waals surface area contributed by atoms with Crippen molar-refractivity contribution in [2.24, 2.45) is 0 Å². The quantitative estimate of drug-likeness (QED) is 0.866. The first-order chi connectivity index (χ1) is 10.2. The molecule has 1 aromatic carbocycles. The van der Waals surface area contributed by atoms with E-state index in [0.717, 1.165) is 36.1 Å². The van der Waals surface area contributed by atoms with E-state index in [0.29, 0.717) is 18.1 Å². The molecular weight excluding hydrogens is 268 g/mol. The molecule has 1 aromatic heterocycles. The maximum atomic E-state index is 11.9. The Balaban J connectivity index is 1.87. The maximum absolute atomic E-state index is 11.9. The van der Waals surface area contributed by atoms with Gasteiger partial charge in [-0.25, -0.2) is 0 Å². The third-order valence-corrected chi connectivity index (χ3v) is 3.95. The van der Waals surface area contributed by atoms with E-state index in [1.807, 2.05) is 25.1 Å². The number of methoxy groups -OCH3 is 1. The predicted octanol–water partition coefficient (Wildman–Crippen LogP) is 3.28. The highest BCUT2D eigenvalue weighted by Crippen LogP contribution is 2.31. The van der Waals surface area contributed by atoms with Crippen molar-refractivity contribution in [1.29, 1.82) is 0 Å². The molecule has 110 valence electrons. The summed E-state index contributed by atoms with van der Waals surface area (Å²) in [5, 5.41) is 4.01. The SMILES string of the molecule is COc1ccc(-c2noc(C3CCCCC3=O)n2)cc1C. The van der Waals surface area contributed by atoms with E-state index in [9.17, 15) is 4.79 Å². The lowest BCUT2D eigenvalue weighted by Gasteiger charge is -2.16. The van der Waals surface area contributed by atoms with E-state index in [1.165, 1.54) is 0 Å². The summed E-state index contributed by atoms with van der Waals surface area (Å²) in [5.74, 6) is 1.78. The van der Waals surface area contributed by atoms with Crippen LogP contribution in [0.1, 0.15) is 43.1 Å². The van der Waals surface area contributed by atoms with Gasteiger partial charge >= 0.3 is 0 Å². The molecule has 1 aliphatic rings. The monoisotopic (exact) mass is 286 g/mol. The molecule has 0 bridgehead atoms. The number of benzene rings is 1. The van der Waals surface area contributed by atoms with Crippen molar-refractivity contribution in [3.05, 3.63) is 29.7 Å². The first kappa shape index (κ1) is 13.8. The first-order valence-electron chi connectivity index (χ1n) is 7.20. The lowest BCUT2D eigenvalue weighted by molar-refractivity contribution is -0.122. The van der Waals surface area contributed by atoms with Crippen molar-refractivity contribution in [3.63, 3.8) is 0 Å². The van der Waals surface area contributed by atoms with Crippen LogP contribution in [0.4, 0.5) is 0 Å². The number of hydrogen-bond donors (Lipinski definition) is 0. The topological polar surface area (TPSA) is 65.2 Å². The Morgan fingerprint density at radius 2 is 2.19 bits per heavy atom. The Labute approximate surface area is 123 Å². The molecule has 1 heterocycles. The Hall–Kier alpha value is -2.17. The lowest BCUT2D eigenvalue weighted by Crippen LogP contribution is -2.17. The van der Waals surface area contributed by atoms with Crippen molar-refractivity contribution in [3.8, 4) is 17.1 Å². The highest BCUT2D eigenvalue weighted by molar-refractivity contribution is 5.85. The zero-order valence-corrected chi connectivity index (χ0v) is 12.3. The summed E-state index contributed by atoms with van der Waals surface area (Å²) in [7, 11) is 1.64. The number of ether oxygens (including phenoxy) is 1. The maximum Gasteiger partial charge on any atom is 0.237 e. The van der Waals surface area contributed by atoms with Gasteiger partial charge in [0, 0.05) is 12.0 Å². The molecule has 0 saturated heterocycles. The number of rotatable bonds is 3. The molecule has 5 heteroatoms. The van der Waals surface area contributed by atoms with Crippen LogP contribution in [-0.2, 0) is 4.79 Å². The van der Waals surface area contributed by atoms with Gasteiger partial charge in [0.15, 0.2) is 0 Å². The second-order valence-corrected chi connectivity index (χ2v) is 5.41. The van der Waals surface area contributed by atoms with Crippen LogP contribution in [0.25, 0.3) is 11.4 Å². The lowest BCUT2D eigenvalue weighted by atomic mass is 9.88. The molecule has 1 atom stereocenters. The summed E-state index contributed by atoms with van der Waals surface area (Å²) in [4.78, 5) is 16.3. The van der Waals surface area contributed by atoms with Crippen LogP contribution in [0, 0.1) is 6.92 Å². The fourth-order valence-electron chi connectivity index (χ4n) is 2.76. The predicted molar refractivity (Wildman–Crippen MR) is 77.2 cm³/mol. The minimum absolute atomic E-state index is 0.211. The molecule has 3 rings (SSSR count). The fourth-order valence-corrected chi connectivity index (χ4v) is 2.76. The zero-order valence-electron chi connectivity index (χ0n) is 12.3. The summed E-state index contributed by atoms with van der Waals surface area (Å²) >= 11 is 0. The largest absolute Gasteiger partial charge is 0.496 e. The van der Waals surface area contributed by atoms with Crippen molar-refractivity contribution in [2.75, 3.05) is 7.11 Å². The van der Waals surface area contributed by atoms with Crippen LogP contribution >= 0.6 is 0 Å². The summed E-state index contributed by atoms with van der Waals surface area (Å²) in [6, 6.07) is 5.73. The second kappa shape index (κ2) is 5.68. The second-order valence-electron chi connectivity index (χ2n) is 5.41. The molecule has 1 aliphatic carbocycles. The number of ketones is 1. The van der Waals surface area contributed by atoms with Gasteiger partial charge in [0.25, 0.3) is 0 Å². The minimum atomic E-state index is -0.223. The number of nitrogens with zero attached hydrogens (tertiary/aromatic N) is 2. The molecule has 0 spiro atoms. The van der Waals surface area contributed by atoms with E-state index in [1.54, 1.807) is 7.11 Å². The van der Waals surface area contributed by atoms with Crippen LogP contribution in [0.5, 0.6) is 5.75 Å². The highest BCUT2D eigenvalue weighted by atomic mass is 16.5. The van der Waals surface area contributed by atoms with Gasteiger partial charge in [-0.1, -0.05) is 11.6 Å². The number of aryl methyl sites for hydroxylation is 1. The van der Waals surface area contributed by atoms with Gasteiger partial charge in [-0.2, -0.15) is 4.98 Å². The van der Waals surface area contributed by atoms with E-state index in [2.05, 4.69) is 10.1 Å². The molecule has 5 nitrogen and oxygen atoms in total. The third-order valence-electron chi connectivity index (χ3n) is 3.95. The van der Waals surface area contributed by atoms with E-state index < -0.39 is 0 Å². The Kier molecular flexibility index (Phi) is 3.73. The third kappa shape index (κ3) is 2.68.